The molecule has 0 aromatic carbocycles. The lowest BCUT2D eigenvalue weighted by Crippen LogP contribution is -2.38. The van der Waals surface area contributed by atoms with Crippen LogP contribution in [0, 0.1) is 10.1 Å². The maximum absolute atomic E-state index is 12.5. The van der Waals surface area contributed by atoms with Gasteiger partial charge in [0.05, 0.1) is 4.92 Å². The summed E-state index contributed by atoms with van der Waals surface area (Å²) in [6.07, 6.45) is 1.90. The minimum atomic E-state index is -0.579. The van der Waals surface area contributed by atoms with Crippen LogP contribution in [0.1, 0.15) is 37.6 Å². The van der Waals surface area contributed by atoms with Crippen molar-refractivity contribution in [3.05, 3.63) is 27.9 Å². The summed E-state index contributed by atoms with van der Waals surface area (Å²) >= 11 is 0. The first-order valence-corrected chi connectivity index (χ1v) is 6.59. The molecule has 0 aliphatic heterocycles. The minimum Gasteiger partial charge on any atom is -0.373 e. The molecule has 7 heteroatoms. The number of pyridine rings is 1. The molecule has 1 rings (SSSR count). The van der Waals surface area contributed by atoms with Gasteiger partial charge in [0.15, 0.2) is 0 Å². The smallest absolute Gasteiger partial charge is 0.300 e. The number of nitrogens with one attached hydrogen (secondary N) is 1. The lowest BCUT2D eigenvalue weighted by atomic mass is 10.1. The van der Waals surface area contributed by atoms with Gasteiger partial charge in [-0.05, 0) is 20.3 Å². The van der Waals surface area contributed by atoms with Crippen molar-refractivity contribution in [2.45, 2.75) is 33.2 Å². The second kappa shape index (κ2) is 6.83. The molecular formula is C13H20N4O3. The fourth-order valence-electron chi connectivity index (χ4n) is 1.93. The Morgan fingerprint density at radius 1 is 1.55 bits per heavy atom. The topological polar surface area (TPSA) is 88.4 Å². The zero-order chi connectivity index (χ0) is 15.3. The molecule has 20 heavy (non-hydrogen) atoms. The molecule has 1 unspecified atom stereocenters. The number of carbonyl (C=O) groups is 1. The molecule has 110 valence electrons. The highest BCUT2D eigenvalue weighted by molar-refractivity contribution is 5.98. The largest absolute Gasteiger partial charge is 0.373 e. The SMILES string of the molecule is CCC(C)N(CC)C(=O)c1cc(NC)ncc1[N+](=O)[O-]. The fraction of sp³-hybridized carbons (Fsp3) is 0.538. The summed E-state index contributed by atoms with van der Waals surface area (Å²) in [5.41, 5.74) is -0.202. The van der Waals surface area contributed by atoms with E-state index in [1.807, 2.05) is 20.8 Å². The number of nitro groups is 1. The number of amides is 1. The molecule has 1 amide bonds. The first-order chi connectivity index (χ1) is 9.46. The predicted octanol–water partition coefficient (Wildman–Crippen LogP) is 2.29. The molecule has 1 N–H and O–H groups in total. The number of nitrogens with zero attached hydrogens (tertiary/aromatic N) is 3. The monoisotopic (exact) mass is 280 g/mol. The average Bonchev–Trinajstić information content (AvgIpc) is 2.46. The summed E-state index contributed by atoms with van der Waals surface area (Å²) in [5, 5.41) is 13.8. The molecule has 1 atom stereocenters. The minimum absolute atomic E-state index is 0.0262. The van der Waals surface area contributed by atoms with E-state index in [9.17, 15) is 14.9 Å². The second-order valence-electron chi connectivity index (χ2n) is 4.44. The Balaban J connectivity index is 3.27. The Hall–Kier alpha value is -2.18. The van der Waals surface area contributed by atoms with Crippen molar-refractivity contribution in [1.29, 1.82) is 0 Å². The van der Waals surface area contributed by atoms with Gasteiger partial charge in [0, 0.05) is 25.7 Å². The lowest BCUT2D eigenvalue weighted by molar-refractivity contribution is -0.385. The maximum atomic E-state index is 12.5. The predicted molar refractivity (Wildman–Crippen MR) is 76.9 cm³/mol. The molecule has 0 fully saturated rings. The Morgan fingerprint density at radius 3 is 2.65 bits per heavy atom. The van der Waals surface area contributed by atoms with Crippen LogP contribution in [0.15, 0.2) is 12.3 Å². The Kier molecular flexibility index (Phi) is 5.42. The normalized spacial score (nSPS) is 11.8. The number of hydrogen-bond acceptors (Lipinski definition) is 5. The molecule has 7 nitrogen and oxygen atoms in total. The van der Waals surface area contributed by atoms with Crippen LogP contribution in [0.4, 0.5) is 11.5 Å². The van der Waals surface area contributed by atoms with Gasteiger partial charge in [-0.2, -0.15) is 0 Å². The molecule has 1 aromatic rings. The number of carbonyl (C=O) groups excluding carboxylic acids is 1. The summed E-state index contributed by atoms with van der Waals surface area (Å²) in [6.45, 7) is 6.26. The highest BCUT2D eigenvalue weighted by Gasteiger charge is 2.27. The van der Waals surface area contributed by atoms with Gasteiger partial charge < -0.3 is 10.2 Å². The van der Waals surface area contributed by atoms with Crippen LogP contribution in [0.3, 0.4) is 0 Å². The number of aromatic nitrogens is 1. The number of anilines is 1. The third kappa shape index (κ3) is 3.23. The Labute approximate surface area is 118 Å². The quantitative estimate of drug-likeness (QED) is 0.638. The van der Waals surface area contributed by atoms with E-state index in [2.05, 4.69) is 10.3 Å². The van der Waals surface area contributed by atoms with Gasteiger partial charge in [-0.3, -0.25) is 14.9 Å². The van der Waals surface area contributed by atoms with E-state index in [0.717, 1.165) is 12.6 Å². The molecule has 0 saturated heterocycles. The van der Waals surface area contributed by atoms with Crippen molar-refractivity contribution in [2.24, 2.45) is 0 Å². The zero-order valence-corrected chi connectivity index (χ0v) is 12.2. The van der Waals surface area contributed by atoms with Crippen molar-refractivity contribution in [3.8, 4) is 0 Å². The van der Waals surface area contributed by atoms with Gasteiger partial charge in [0.2, 0.25) is 0 Å². The highest BCUT2D eigenvalue weighted by Crippen LogP contribution is 2.23. The van der Waals surface area contributed by atoms with Crippen molar-refractivity contribution in [2.75, 3.05) is 18.9 Å². The number of hydrogen-bond donors (Lipinski definition) is 1. The van der Waals surface area contributed by atoms with Gasteiger partial charge in [-0.15, -0.1) is 0 Å². The van der Waals surface area contributed by atoms with Crippen LogP contribution in [-0.4, -0.2) is 40.3 Å². The van der Waals surface area contributed by atoms with Gasteiger partial charge in [0.25, 0.3) is 11.6 Å². The van der Waals surface area contributed by atoms with E-state index in [4.69, 9.17) is 0 Å². The summed E-state index contributed by atoms with van der Waals surface area (Å²) in [7, 11) is 1.65. The molecule has 0 aliphatic rings. The first kappa shape index (κ1) is 15.9. The molecular weight excluding hydrogens is 260 g/mol. The van der Waals surface area contributed by atoms with E-state index >= 15 is 0 Å². The Morgan fingerprint density at radius 2 is 2.20 bits per heavy atom. The van der Waals surface area contributed by atoms with Crippen molar-refractivity contribution < 1.29 is 9.72 Å². The molecule has 0 bridgehead atoms. The van der Waals surface area contributed by atoms with Gasteiger partial charge in [-0.25, -0.2) is 4.98 Å². The van der Waals surface area contributed by atoms with Crippen molar-refractivity contribution in [3.63, 3.8) is 0 Å². The van der Waals surface area contributed by atoms with Crippen molar-refractivity contribution >= 4 is 17.4 Å². The standard InChI is InChI=1S/C13H20N4O3/c1-5-9(3)16(6-2)13(18)10-7-12(14-4)15-8-11(10)17(19)20/h7-9H,5-6H2,1-4H3,(H,14,15). The maximum Gasteiger partial charge on any atom is 0.300 e. The Bertz CT molecular complexity index is 504. The van der Waals surface area contributed by atoms with Gasteiger partial charge in [0.1, 0.15) is 17.6 Å². The highest BCUT2D eigenvalue weighted by atomic mass is 16.6. The van der Waals surface area contributed by atoms with Crippen LogP contribution >= 0.6 is 0 Å². The summed E-state index contributed by atoms with van der Waals surface area (Å²) in [6, 6.07) is 1.45. The van der Waals surface area contributed by atoms with Crippen LogP contribution in [0.2, 0.25) is 0 Å². The molecule has 0 saturated carbocycles. The van der Waals surface area contributed by atoms with E-state index < -0.39 is 4.92 Å². The summed E-state index contributed by atoms with van der Waals surface area (Å²) in [4.78, 5) is 28.5. The summed E-state index contributed by atoms with van der Waals surface area (Å²) < 4.78 is 0. The van der Waals surface area contributed by atoms with Crippen LogP contribution in [-0.2, 0) is 0 Å². The zero-order valence-electron chi connectivity index (χ0n) is 12.2. The van der Waals surface area contributed by atoms with Crippen LogP contribution < -0.4 is 5.32 Å². The molecule has 1 aromatic heterocycles. The van der Waals surface area contributed by atoms with E-state index in [1.54, 1.807) is 11.9 Å². The fourth-order valence-corrected chi connectivity index (χ4v) is 1.93. The van der Waals surface area contributed by atoms with Gasteiger partial charge in [-0.1, -0.05) is 6.92 Å². The molecule has 1 heterocycles. The third-order valence-electron chi connectivity index (χ3n) is 3.29. The first-order valence-electron chi connectivity index (χ1n) is 6.59. The van der Waals surface area contributed by atoms with Crippen LogP contribution in [0.5, 0.6) is 0 Å². The van der Waals surface area contributed by atoms with E-state index in [1.165, 1.54) is 6.07 Å². The molecule has 0 radical (unpaired) electrons. The van der Waals surface area contributed by atoms with Crippen molar-refractivity contribution in [1.82, 2.24) is 9.88 Å². The van der Waals surface area contributed by atoms with Gasteiger partial charge >= 0.3 is 0 Å². The summed E-state index contributed by atoms with van der Waals surface area (Å²) in [5.74, 6) is 0.0894. The third-order valence-corrected chi connectivity index (χ3v) is 3.29. The lowest BCUT2D eigenvalue weighted by Gasteiger charge is -2.27. The van der Waals surface area contributed by atoms with Crippen LogP contribution in [0.25, 0.3) is 0 Å². The molecule has 0 spiro atoms. The van der Waals surface area contributed by atoms with E-state index in [0.29, 0.717) is 12.4 Å². The van der Waals surface area contributed by atoms with E-state index in [-0.39, 0.29) is 23.2 Å². The second-order valence-corrected chi connectivity index (χ2v) is 4.44. The average molecular weight is 280 g/mol. The molecule has 0 aliphatic carbocycles. The number of rotatable bonds is 6.